The Labute approximate surface area is 111 Å². The van der Waals surface area contributed by atoms with Crippen LogP contribution in [0.5, 0.6) is 0 Å². The minimum atomic E-state index is -0.834. The second-order valence-electron chi connectivity index (χ2n) is 4.30. The Hall–Kier alpha value is -2.24. The van der Waals surface area contributed by atoms with Crippen molar-refractivity contribution in [3.05, 3.63) is 41.7 Å². The lowest BCUT2D eigenvalue weighted by molar-refractivity contribution is -0.137. The van der Waals surface area contributed by atoms with Gasteiger partial charge in [-0.2, -0.15) is 0 Å². The molecule has 1 aromatic carbocycles. The van der Waals surface area contributed by atoms with Crippen molar-refractivity contribution in [2.45, 2.75) is 32.2 Å². The molecule has 1 heterocycles. The molecule has 100 valence electrons. The zero-order valence-corrected chi connectivity index (χ0v) is 10.6. The Morgan fingerprint density at radius 1 is 1.21 bits per heavy atom. The maximum Gasteiger partial charge on any atom is 0.303 e. The van der Waals surface area contributed by atoms with Crippen molar-refractivity contribution in [2.24, 2.45) is 0 Å². The minimum Gasteiger partial charge on any atom is -0.481 e. The van der Waals surface area contributed by atoms with Crippen LogP contribution >= 0.6 is 0 Å². The minimum absolute atomic E-state index is 0.0546. The van der Waals surface area contributed by atoms with E-state index in [0.717, 1.165) is 12.8 Å². The second-order valence-corrected chi connectivity index (χ2v) is 4.30. The molecule has 0 bridgehead atoms. The van der Waals surface area contributed by atoms with Gasteiger partial charge in [0.1, 0.15) is 0 Å². The summed E-state index contributed by atoms with van der Waals surface area (Å²) in [7, 11) is 0. The molecule has 0 aliphatic carbocycles. The number of benzene rings is 1. The van der Waals surface area contributed by atoms with Crippen molar-refractivity contribution in [2.75, 3.05) is 0 Å². The summed E-state index contributed by atoms with van der Waals surface area (Å²) in [4.78, 5) is 10.5. The van der Waals surface area contributed by atoms with Crippen LogP contribution in [-0.2, 0) is 24.2 Å². The molecule has 0 atom stereocenters. The predicted molar refractivity (Wildman–Crippen MR) is 68.5 cm³/mol. The Balaban J connectivity index is 1.83. The van der Waals surface area contributed by atoms with Gasteiger partial charge in [0.15, 0.2) is 5.82 Å². The van der Waals surface area contributed by atoms with E-state index in [0.29, 0.717) is 18.8 Å². The van der Waals surface area contributed by atoms with Gasteiger partial charge in [-0.15, -0.1) is 5.10 Å². The van der Waals surface area contributed by atoms with Gasteiger partial charge < -0.3 is 5.11 Å². The first-order chi connectivity index (χ1) is 9.25. The lowest BCUT2D eigenvalue weighted by atomic mass is 10.1. The second kappa shape index (κ2) is 6.63. The summed E-state index contributed by atoms with van der Waals surface area (Å²) >= 11 is 0. The molecule has 6 heteroatoms. The van der Waals surface area contributed by atoms with Crippen molar-refractivity contribution in [3.63, 3.8) is 0 Å². The van der Waals surface area contributed by atoms with Gasteiger partial charge in [0.2, 0.25) is 0 Å². The van der Waals surface area contributed by atoms with Crippen LogP contribution in [0.25, 0.3) is 0 Å². The first-order valence-electron chi connectivity index (χ1n) is 6.26. The summed E-state index contributed by atoms with van der Waals surface area (Å²) in [6, 6.07) is 10.2. The molecule has 19 heavy (non-hydrogen) atoms. The van der Waals surface area contributed by atoms with Gasteiger partial charge in [0.05, 0.1) is 6.42 Å². The number of carboxylic acid groups (broad SMARTS) is 1. The van der Waals surface area contributed by atoms with Gasteiger partial charge in [-0.1, -0.05) is 30.3 Å². The number of tetrazole rings is 1. The van der Waals surface area contributed by atoms with E-state index in [1.165, 1.54) is 5.56 Å². The number of carbonyl (C=O) groups is 1. The SMILES string of the molecule is O=C(O)CCc1nnnn1CCCc1ccccc1. The Kier molecular flexibility index (Phi) is 4.60. The van der Waals surface area contributed by atoms with Crippen molar-refractivity contribution < 1.29 is 9.90 Å². The summed E-state index contributed by atoms with van der Waals surface area (Å²) in [6.07, 6.45) is 2.31. The van der Waals surface area contributed by atoms with E-state index < -0.39 is 5.97 Å². The van der Waals surface area contributed by atoms with Crippen LogP contribution in [0.2, 0.25) is 0 Å². The lowest BCUT2D eigenvalue weighted by Crippen LogP contribution is -2.09. The van der Waals surface area contributed by atoms with Crippen LogP contribution in [0.15, 0.2) is 30.3 Å². The van der Waals surface area contributed by atoms with Crippen molar-refractivity contribution in [1.29, 1.82) is 0 Å². The van der Waals surface area contributed by atoms with Crippen molar-refractivity contribution in [1.82, 2.24) is 20.2 Å². The van der Waals surface area contributed by atoms with Gasteiger partial charge in [-0.25, -0.2) is 4.68 Å². The van der Waals surface area contributed by atoms with E-state index in [1.807, 2.05) is 18.2 Å². The molecule has 2 rings (SSSR count). The standard InChI is InChI=1S/C13H16N4O2/c18-13(19)9-8-12-14-15-16-17(12)10-4-7-11-5-2-1-3-6-11/h1-3,5-6H,4,7-10H2,(H,18,19). The number of aryl methyl sites for hydroxylation is 3. The van der Waals surface area contributed by atoms with Crippen LogP contribution in [0.3, 0.4) is 0 Å². The Bertz CT molecular complexity index is 524. The number of nitrogens with zero attached hydrogens (tertiary/aromatic N) is 4. The van der Waals surface area contributed by atoms with Crippen LogP contribution < -0.4 is 0 Å². The third-order valence-corrected chi connectivity index (χ3v) is 2.85. The molecule has 0 unspecified atom stereocenters. The van der Waals surface area contributed by atoms with Crippen LogP contribution in [-0.4, -0.2) is 31.3 Å². The molecule has 0 saturated carbocycles. The number of rotatable bonds is 7. The maximum atomic E-state index is 10.5. The van der Waals surface area contributed by atoms with Crippen LogP contribution in [0, 0.1) is 0 Å². The molecule has 6 nitrogen and oxygen atoms in total. The quantitative estimate of drug-likeness (QED) is 0.812. The summed E-state index contributed by atoms with van der Waals surface area (Å²) in [5, 5.41) is 20.0. The number of hydrogen-bond acceptors (Lipinski definition) is 4. The molecular formula is C13H16N4O2. The van der Waals surface area contributed by atoms with Gasteiger partial charge in [-0.05, 0) is 28.8 Å². The normalized spacial score (nSPS) is 10.5. The van der Waals surface area contributed by atoms with Gasteiger partial charge in [0.25, 0.3) is 0 Å². The van der Waals surface area contributed by atoms with E-state index >= 15 is 0 Å². The molecule has 2 aromatic rings. The zero-order chi connectivity index (χ0) is 13.5. The highest BCUT2D eigenvalue weighted by Gasteiger charge is 2.08. The molecule has 0 saturated heterocycles. The number of aliphatic carboxylic acids is 1. The average Bonchev–Trinajstić information content (AvgIpc) is 2.85. The molecule has 0 fully saturated rings. The molecule has 0 spiro atoms. The first kappa shape index (κ1) is 13.2. The molecule has 0 radical (unpaired) electrons. The van der Waals surface area contributed by atoms with E-state index in [1.54, 1.807) is 4.68 Å². The topological polar surface area (TPSA) is 80.9 Å². The highest BCUT2D eigenvalue weighted by molar-refractivity contribution is 5.66. The summed E-state index contributed by atoms with van der Waals surface area (Å²) in [5.41, 5.74) is 1.28. The number of hydrogen-bond donors (Lipinski definition) is 1. The first-order valence-corrected chi connectivity index (χ1v) is 6.26. The third kappa shape index (κ3) is 4.17. The largest absolute Gasteiger partial charge is 0.481 e. The monoisotopic (exact) mass is 260 g/mol. The zero-order valence-electron chi connectivity index (χ0n) is 10.6. The van der Waals surface area contributed by atoms with E-state index in [9.17, 15) is 4.79 Å². The Morgan fingerprint density at radius 2 is 2.00 bits per heavy atom. The van der Waals surface area contributed by atoms with Crippen LogP contribution in [0.4, 0.5) is 0 Å². The fraction of sp³-hybridized carbons (Fsp3) is 0.385. The third-order valence-electron chi connectivity index (χ3n) is 2.85. The molecule has 0 aliphatic rings. The summed E-state index contributed by atoms with van der Waals surface area (Å²) in [6.45, 7) is 0.705. The highest BCUT2D eigenvalue weighted by Crippen LogP contribution is 2.05. The molecule has 1 aromatic heterocycles. The van der Waals surface area contributed by atoms with Gasteiger partial charge in [0, 0.05) is 13.0 Å². The summed E-state index contributed by atoms with van der Waals surface area (Å²) in [5.74, 6) is -0.200. The fourth-order valence-electron chi connectivity index (χ4n) is 1.87. The predicted octanol–water partition coefficient (Wildman–Crippen LogP) is 1.32. The fourth-order valence-corrected chi connectivity index (χ4v) is 1.87. The van der Waals surface area contributed by atoms with E-state index in [4.69, 9.17) is 5.11 Å². The van der Waals surface area contributed by atoms with Crippen molar-refractivity contribution in [3.8, 4) is 0 Å². The molecule has 0 aliphatic heterocycles. The van der Waals surface area contributed by atoms with Gasteiger partial charge >= 0.3 is 5.97 Å². The van der Waals surface area contributed by atoms with Crippen molar-refractivity contribution >= 4 is 5.97 Å². The molecule has 0 amide bonds. The van der Waals surface area contributed by atoms with E-state index in [2.05, 4.69) is 27.7 Å². The van der Waals surface area contributed by atoms with Crippen LogP contribution in [0.1, 0.15) is 24.2 Å². The average molecular weight is 260 g/mol. The number of carboxylic acids is 1. The van der Waals surface area contributed by atoms with E-state index in [-0.39, 0.29) is 6.42 Å². The maximum absolute atomic E-state index is 10.5. The highest BCUT2D eigenvalue weighted by atomic mass is 16.4. The number of aromatic nitrogens is 4. The molecule has 1 N–H and O–H groups in total. The van der Waals surface area contributed by atoms with Gasteiger partial charge in [-0.3, -0.25) is 4.79 Å². The lowest BCUT2D eigenvalue weighted by Gasteiger charge is -2.04. The summed E-state index contributed by atoms with van der Waals surface area (Å²) < 4.78 is 1.69. The smallest absolute Gasteiger partial charge is 0.303 e. The molecular weight excluding hydrogens is 244 g/mol. The Morgan fingerprint density at radius 3 is 2.74 bits per heavy atom.